The van der Waals surface area contributed by atoms with Gasteiger partial charge in [0, 0.05) is 11.6 Å². The monoisotopic (exact) mass is 430 g/mol. The van der Waals surface area contributed by atoms with Crippen LogP contribution in [0.1, 0.15) is 17.3 Å². The van der Waals surface area contributed by atoms with Gasteiger partial charge < -0.3 is 23.5 Å². The highest BCUT2D eigenvalue weighted by Gasteiger charge is 2.16. The molecule has 3 aromatic rings. The fourth-order valence-electron chi connectivity index (χ4n) is 2.91. The number of para-hydroxylation sites is 1. The molecular weight excluding hydrogens is 408 g/mol. The van der Waals surface area contributed by atoms with Crippen molar-refractivity contribution in [1.29, 1.82) is 0 Å². The minimum absolute atomic E-state index is 0.0955. The van der Waals surface area contributed by atoms with Crippen molar-refractivity contribution in [2.24, 2.45) is 4.99 Å². The summed E-state index contributed by atoms with van der Waals surface area (Å²) in [7, 11) is 4.56. The summed E-state index contributed by atoms with van der Waals surface area (Å²) in [4.78, 5) is 29.7. The standard InChI is InChI=1S/C21H22N2O6S/c1-5-29-18(24)12-23-19-16(28-4)7-6-8-17(19)30-21(23)22-20(25)13-9-14(26-2)11-15(10-13)27-3/h6-11H,5,12H2,1-4H3. The number of carbonyl (C=O) groups is 2. The van der Waals surface area contributed by atoms with Crippen molar-refractivity contribution in [3.8, 4) is 17.2 Å². The van der Waals surface area contributed by atoms with E-state index in [-0.39, 0.29) is 13.2 Å². The summed E-state index contributed by atoms with van der Waals surface area (Å²) in [5.41, 5.74) is 0.978. The molecule has 0 saturated carbocycles. The quantitative estimate of drug-likeness (QED) is 0.536. The molecular formula is C21H22N2O6S. The van der Waals surface area contributed by atoms with Crippen LogP contribution in [0.3, 0.4) is 0 Å². The molecule has 0 saturated heterocycles. The second kappa shape index (κ2) is 9.45. The first-order valence-corrected chi connectivity index (χ1v) is 9.96. The summed E-state index contributed by atoms with van der Waals surface area (Å²) in [5.74, 6) is 0.607. The van der Waals surface area contributed by atoms with Crippen LogP contribution in [0.5, 0.6) is 17.2 Å². The van der Waals surface area contributed by atoms with E-state index in [0.717, 1.165) is 4.70 Å². The van der Waals surface area contributed by atoms with E-state index in [1.807, 2.05) is 12.1 Å². The first-order valence-electron chi connectivity index (χ1n) is 9.14. The van der Waals surface area contributed by atoms with Crippen molar-refractivity contribution >= 4 is 33.4 Å². The Morgan fingerprint density at radius 3 is 2.33 bits per heavy atom. The maximum absolute atomic E-state index is 12.9. The largest absolute Gasteiger partial charge is 0.497 e. The lowest BCUT2D eigenvalue weighted by Gasteiger charge is -2.08. The van der Waals surface area contributed by atoms with E-state index >= 15 is 0 Å². The number of nitrogens with zero attached hydrogens (tertiary/aromatic N) is 2. The predicted molar refractivity (Wildman–Crippen MR) is 112 cm³/mol. The third-order valence-corrected chi connectivity index (χ3v) is 5.32. The molecule has 2 aromatic carbocycles. The number of methoxy groups -OCH3 is 3. The molecule has 0 unspecified atom stereocenters. The number of rotatable bonds is 7. The highest BCUT2D eigenvalue weighted by molar-refractivity contribution is 7.16. The van der Waals surface area contributed by atoms with Gasteiger partial charge >= 0.3 is 5.97 Å². The third-order valence-electron chi connectivity index (χ3n) is 4.27. The molecule has 9 heteroatoms. The van der Waals surface area contributed by atoms with Gasteiger partial charge in [0.25, 0.3) is 5.91 Å². The number of benzene rings is 2. The van der Waals surface area contributed by atoms with E-state index in [1.165, 1.54) is 25.6 Å². The summed E-state index contributed by atoms with van der Waals surface area (Å²) < 4.78 is 23.4. The van der Waals surface area contributed by atoms with Crippen LogP contribution < -0.4 is 19.0 Å². The molecule has 0 bridgehead atoms. The van der Waals surface area contributed by atoms with Crippen LogP contribution in [-0.4, -0.2) is 44.4 Å². The lowest BCUT2D eigenvalue weighted by Crippen LogP contribution is -2.23. The van der Waals surface area contributed by atoms with Crippen LogP contribution in [0, 0.1) is 0 Å². The molecule has 0 aliphatic rings. The first kappa shape index (κ1) is 21.4. The third kappa shape index (κ3) is 4.46. The van der Waals surface area contributed by atoms with Crippen molar-refractivity contribution in [2.45, 2.75) is 13.5 Å². The minimum atomic E-state index is -0.490. The smallest absolute Gasteiger partial charge is 0.326 e. The molecule has 0 atom stereocenters. The van der Waals surface area contributed by atoms with Gasteiger partial charge in [0.15, 0.2) is 4.80 Å². The lowest BCUT2D eigenvalue weighted by molar-refractivity contribution is -0.143. The van der Waals surface area contributed by atoms with Gasteiger partial charge in [-0.15, -0.1) is 0 Å². The van der Waals surface area contributed by atoms with Crippen LogP contribution in [0.2, 0.25) is 0 Å². The Labute approximate surface area is 177 Å². The average Bonchev–Trinajstić information content (AvgIpc) is 3.10. The fourth-order valence-corrected chi connectivity index (χ4v) is 3.96. The summed E-state index contributed by atoms with van der Waals surface area (Å²) in [5, 5.41) is 0. The number of hydrogen-bond donors (Lipinski definition) is 0. The van der Waals surface area contributed by atoms with E-state index in [4.69, 9.17) is 18.9 Å². The highest BCUT2D eigenvalue weighted by atomic mass is 32.1. The molecule has 0 radical (unpaired) electrons. The fraction of sp³-hybridized carbons (Fsp3) is 0.286. The van der Waals surface area contributed by atoms with Crippen LogP contribution in [-0.2, 0) is 16.1 Å². The average molecular weight is 430 g/mol. The number of esters is 1. The molecule has 0 spiro atoms. The van der Waals surface area contributed by atoms with Crippen molar-refractivity contribution in [3.05, 3.63) is 46.8 Å². The van der Waals surface area contributed by atoms with Gasteiger partial charge in [-0.2, -0.15) is 4.99 Å². The number of carbonyl (C=O) groups excluding carboxylic acids is 2. The first-order chi connectivity index (χ1) is 14.5. The Morgan fingerprint density at radius 2 is 1.73 bits per heavy atom. The number of amides is 1. The number of fused-ring (bicyclic) bond motifs is 1. The zero-order chi connectivity index (χ0) is 21.7. The predicted octanol–water partition coefficient (Wildman–Crippen LogP) is 3.03. The summed E-state index contributed by atoms with van der Waals surface area (Å²) in [6, 6.07) is 10.3. The van der Waals surface area contributed by atoms with E-state index in [2.05, 4.69) is 4.99 Å². The Bertz CT molecular complexity index is 1130. The molecule has 1 aromatic heterocycles. The van der Waals surface area contributed by atoms with Crippen molar-refractivity contribution in [3.63, 3.8) is 0 Å². The van der Waals surface area contributed by atoms with E-state index in [9.17, 15) is 9.59 Å². The molecule has 0 N–H and O–H groups in total. The molecule has 0 aliphatic carbocycles. The van der Waals surface area contributed by atoms with Gasteiger partial charge in [0.05, 0.1) is 32.6 Å². The summed E-state index contributed by atoms with van der Waals surface area (Å²) >= 11 is 1.28. The Kier molecular flexibility index (Phi) is 6.73. The van der Waals surface area contributed by atoms with Gasteiger partial charge in [0.1, 0.15) is 29.3 Å². The molecule has 158 valence electrons. The molecule has 0 fully saturated rings. The second-order valence-electron chi connectivity index (χ2n) is 6.10. The van der Waals surface area contributed by atoms with Gasteiger partial charge in [0.2, 0.25) is 0 Å². The molecule has 1 heterocycles. The van der Waals surface area contributed by atoms with E-state index in [0.29, 0.717) is 33.1 Å². The van der Waals surface area contributed by atoms with Gasteiger partial charge in [-0.1, -0.05) is 17.4 Å². The molecule has 8 nitrogen and oxygen atoms in total. The maximum Gasteiger partial charge on any atom is 0.326 e. The van der Waals surface area contributed by atoms with Gasteiger partial charge in [-0.25, -0.2) is 0 Å². The summed E-state index contributed by atoms with van der Waals surface area (Å²) in [6.45, 7) is 1.90. The second-order valence-corrected chi connectivity index (χ2v) is 7.11. The topological polar surface area (TPSA) is 88.4 Å². The zero-order valence-electron chi connectivity index (χ0n) is 17.1. The van der Waals surface area contributed by atoms with Crippen LogP contribution in [0.15, 0.2) is 41.4 Å². The lowest BCUT2D eigenvalue weighted by atomic mass is 10.2. The van der Waals surface area contributed by atoms with E-state index < -0.39 is 11.9 Å². The Morgan fingerprint density at radius 1 is 1.03 bits per heavy atom. The van der Waals surface area contributed by atoms with Crippen LogP contribution in [0.25, 0.3) is 10.2 Å². The Balaban J connectivity index is 2.16. The number of ether oxygens (including phenoxy) is 4. The van der Waals surface area contributed by atoms with Crippen molar-refractivity contribution in [1.82, 2.24) is 4.57 Å². The normalized spacial score (nSPS) is 11.4. The van der Waals surface area contributed by atoms with Gasteiger partial charge in [-0.3, -0.25) is 9.59 Å². The molecule has 0 aliphatic heterocycles. The molecule has 3 rings (SSSR count). The zero-order valence-corrected chi connectivity index (χ0v) is 17.9. The summed E-state index contributed by atoms with van der Waals surface area (Å²) in [6.07, 6.45) is 0. The van der Waals surface area contributed by atoms with Crippen molar-refractivity contribution in [2.75, 3.05) is 27.9 Å². The number of aromatic nitrogens is 1. The van der Waals surface area contributed by atoms with Crippen LogP contribution in [0.4, 0.5) is 0 Å². The Hall–Kier alpha value is -3.33. The van der Waals surface area contributed by atoms with Crippen molar-refractivity contribution < 1.29 is 28.5 Å². The number of thiazole rings is 1. The van der Waals surface area contributed by atoms with Crippen LogP contribution >= 0.6 is 11.3 Å². The minimum Gasteiger partial charge on any atom is -0.497 e. The van der Waals surface area contributed by atoms with E-state index in [1.54, 1.807) is 42.9 Å². The SMILES string of the molecule is CCOC(=O)Cn1c(=NC(=O)c2cc(OC)cc(OC)c2)sc2cccc(OC)c21. The van der Waals surface area contributed by atoms with Gasteiger partial charge in [-0.05, 0) is 31.2 Å². The number of hydrogen-bond acceptors (Lipinski definition) is 7. The maximum atomic E-state index is 12.9. The molecule has 30 heavy (non-hydrogen) atoms. The molecule has 1 amide bonds. The highest BCUT2D eigenvalue weighted by Crippen LogP contribution is 2.28.